The molecule has 0 aliphatic heterocycles. The molecule has 0 aliphatic rings. The molecule has 0 saturated heterocycles. The predicted molar refractivity (Wildman–Crippen MR) is 222 cm³/mol. The molecule has 0 bridgehead atoms. The van der Waals surface area contributed by atoms with Crippen LogP contribution in [0.3, 0.4) is 0 Å². The molecular formula is C49H53N3. The Balaban J connectivity index is 1.53. The number of hydrogen-bond acceptors (Lipinski definition) is 2. The van der Waals surface area contributed by atoms with Gasteiger partial charge in [-0.2, -0.15) is 0 Å². The van der Waals surface area contributed by atoms with Crippen molar-refractivity contribution in [1.29, 1.82) is 0 Å². The lowest BCUT2D eigenvalue weighted by Crippen LogP contribution is -2.22. The summed E-state index contributed by atoms with van der Waals surface area (Å²) in [4.78, 5) is 14.1. The number of nitrogens with one attached hydrogen (secondary N) is 1. The van der Waals surface area contributed by atoms with Gasteiger partial charge < -0.3 is 4.98 Å². The molecule has 0 spiro atoms. The van der Waals surface area contributed by atoms with Crippen molar-refractivity contribution < 1.29 is 0 Å². The van der Waals surface area contributed by atoms with Crippen LogP contribution in [0.4, 0.5) is 0 Å². The summed E-state index contributed by atoms with van der Waals surface area (Å²) >= 11 is 0. The Morgan fingerprint density at radius 3 is 1.63 bits per heavy atom. The minimum atomic E-state index is -0.309. The lowest BCUT2D eigenvalue weighted by molar-refractivity contribution is 0.569. The first-order valence-electron chi connectivity index (χ1n) is 18.7. The summed E-state index contributed by atoms with van der Waals surface area (Å²) in [6, 6.07) is 40.2. The largest absolute Gasteiger partial charge is 0.354 e. The number of fused-ring (bicyclic) bond motifs is 3. The number of aromatic amines is 1. The highest BCUT2D eigenvalue weighted by atomic mass is 14.8. The van der Waals surface area contributed by atoms with Gasteiger partial charge >= 0.3 is 0 Å². The summed E-state index contributed by atoms with van der Waals surface area (Å²) in [5, 5.41) is 2.43. The molecular weight excluding hydrogens is 631 g/mol. The average molecular weight is 684 g/mol. The number of para-hydroxylation sites is 2. The SMILES string of the molecule is CC(C)(C)c1cc(-c2cc(-c3cc(C(C)(C)C)cc(C(C)(C)c4ccccn4)c3)nc(-c3cccc4c3[nH]c3ccccc34)c2)cc(C(C)(C)C)c1. The van der Waals surface area contributed by atoms with Crippen LogP contribution in [-0.2, 0) is 21.7 Å². The summed E-state index contributed by atoms with van der Waals surface area (Å²) in [6.45, 7) is 25.3. The molecule has 7 rings (SSSR count). The number of benzene rings is 4. The third kappa shape index (κ3) is 6.70. The summed E-state index contributed by atoms with van der Waals surface area (Å²) in [5.41, 5.74) is 14.6. The Labute approximate surface area is 310 Å². The van der Waals surface area contributed by atoms with E-state index in [1.165, 1.54) is 38.6 Å². The van der Waals surface area contributed by atoms with Gasteiger partial charge in [-0.1, -0.05) is 143 Å². The molecule has 0 unspecified atom stereocenters. The fourth-order valence-electron chi connectivity index (χ4n) is 7.18. The highest BCUT2D eigenvalue weighted by Crippen LogP contribution is 2.41. The first-order valence-corrected chi connectivity index (χ1v) is 18.7. The quantitative estimate of drug-likeness (QED) is 0.196. The van der Waals surface area contributed by atoms with Crippen molar-refractivity contribution >= 4 is 21.8 Å². The highest BCUT2D eigenvalue weighted by molar-refractivity contribution is 6.11. The van der Waals surface area contributed by atoms with E-state index in [1.54, 1.807) is 0 Å². The zero-order valence-corrected chi connectivity index (χ0v) is 32.9. The summed E-state index contributed by atoms with van der Waals surface area (Å²) in [7, 11) is 0. The fraction of sp³-hybridized carbons (Fsp3) is 0.306. The molecule has 3 heterocycles. The number of H-pyrrole nitrogens is 1. The topological polar surface area (TPSA) is 41.6 Å². The van der Waals surface area contributed by atoms with E-state index in [1.807, 2.05) is 12.3 Å². The number of pyridine rings is 2. The molecule has 7 aromatic rings. The van der Waals surface area contributed by atoms with Gasteiger partial charge in [0.05, 0.1) is 22.6 Å². The van der Waals surface area contributed by atoms with Crippen LogP contribution in [0.15, 0.2) is 115 Å². The first kappa shape index (κ1) is 35.4. The van der Waals surface area contributed by atoms with Crippen LogP contribution in [-0.4, -0.2) is 15.0 Å². The van der Waals surface area contributed by atoms with Crippen molar-refractivity contribution in [2.45, 2.75) is 97.8 Å². The predicted octanol–water partition coefficient (Wildman–Crippen LogP) is 13.3. The summed E-state index contributed by atoms with van der Waals surface area (Å²) in [5.74, 6) is 0. The van der Waals surface area contributed by atoms with E-state index in [0.29, 0.717) is 0 Å². The Morgan fingerprint density at radius 2 is 1.00 bits per heavy atom. The molecule has 0 aliphatic carbocycles. The van der Waals surface area contributed by atoms with E-state index in [2.05, 4.69) is 184 Å². The second-order valence-electron chi connectivity index (χ2n) is 18.2. The van der Waals surface area contributed by atoms with Crippen LogP contribution >= 0.6 is 0 Å². The van der Waals surface area contributed by atoms with Gasteiger partial charge in [-0.25, -0.2) is 4.98 Å². The minimum Gasteiger partial charge on any atom is -0.354 e. The minimum absolute atomic E-state index is 0.00233. The Kier molecular flexibility index (Phi) is 8.56. The van der Waals surface area contributed by atoms with Gasteiger partial charge in [0.15, 0.2) is 0 Å². The van der Waals surface area contributed by atoms with Crippen molar-refractivity contribution in [1.82, 2.24) is 15.0 Å². The van der Waals surface area contributed by atoms with Crippen molar-refractivity contribution in [2.75, 3.05) is 0 Å². The molecule has 0 amide bonds. The molecule has 0 fully saturated rings. The number of rotatable bonds is 5. The van der Waals surface area contributed by atoms with Gasteiger partial charge in [0, 0.05) is 39.0 Å². The average Bonchev–Trinajstić information content (AvgIpc) is 3.49. The molecule has 0 saturated carbocycles. The Morgan fingerprint density at radius 1 is 0.462 bits per heavy atom. The van der Waals surface area contributed by atoms with Crippen molar-refractivity contribution in [3.05, 3.63) is 143 Å². The van der Waals surface area contributed by atoms with Crippen molar-refractivity contribution in [3.63, 3.8) is 0 Å². The van der Waals surface area contributed by atoms with Gasteiger partial charge in [0.2, 0.25) is 0 Å². The van der Waals surface area contributed by atoms with Crippen molar-refractivity contribution in [2.24, 2.45) is 0 Å². The number of aromatic nitrogens is 3. The monoisotopic (exact) mass is 683 g/mol. The van der Waals surface area contributed by atoms with Gasteiger partial charge in [0.25, 0.3) is 0 Å². The lowest BCUT2D eigenvalue weighted by atomic mass is 9.76. The Bertz CT molecular complexity index is 2390. The van der Waals surface area contributed by atoms with Gasteiger partial charge in [-0.15, -0.1) is 0 Å². The molecule has 3 aromatic heterocycles. The highest BCUT2D eigenvalue weighted by Gasteiger charge is 2.28. The van der Waals surface area contributed by atoms with E-state index >= 15 is 0 Å². The second-order valence-corrected chi connectivity index (χ2v) is 18.2. The van der Waals surface area contributed by atoms with Crippen LogP contribution in [0.1, 0.15) is 104 Å². The molecule has 3 heteroatoms. The zero-order chi connectivity index (χ0) is 37.2. The van der Waals surface area contributed by atoms with Gasteiger partial charge in [0.1, 0.15) is 0 Å². The van der Waals surface area contributed by atoms with Crippen LogP contribution in [0.2, 0.25) is 0 Å². The molecule has 264 valence electrons. The van der Waals surface area contributed by atoms with E-state index in [-0.39, 0.29) is 21.7 Å². The lowest BCUT2D eigenvalue weighted by Gasteiger charge is -2.29. The van der Waals surface area contributed by atoms with E-state index in [4.69, 9.17) is 9.97 Å². The summed E-state index contributed by atoms with van der Waals surface area (Å²) in [6.07, 6.45) is 1.89. The first-order chi connectivity index (χ1) is 24.4. The van der Waals surface area contributed by atoms with Crippen LogP contribution in [0.25, 0.3) is 55.4 Å². The molecule has 1 N–H and O–H groups in total. The number of hydrogen-bond donors (Lipinski definition) is 1. The molecule has 4 aromatic carbocycles. The molecule has 52 heavy (non-hydrogen) atoms. The van der Waals surface area contributed by atoms with Crippen LogP contribution in [0.5, 0.6) is 0 Å². The van der Waals surface area contributed by atoms with E-state index < -0.39 is 0 Å². The third-order valence-corrected chi connectivity index (χ3v) is 10.8. The van der Waals surface area contributed by atoms with E-state index in [9.17, 15) is 0 Å². The van der Waals surface area contributed by atoms with Crippen LogP contribution < -0.4 is 0 Å². The smallest absolute Gasteiger partial charge is 0.0736 e. The summed E-state index contributed by atoms with van der Waals surface area (Å²) < 4.78 is 0. The third-order valence-electron chi connectivity index (χ3n) is 10.8. The number of nitrogens with zero attached hydrogens (tertiary/aromatic N) is 2. The van der Waals surface area contributed by atoms with Gasteiger partial charge in [-0.3, -0.25) is 4.98 Å². The standard InChI is InChI=1S/C49H53N3/c1-46(2,3)34-23-31(24-35(29-34)47(4,5)6)32-27-42(51-43(28-32)40-19-16-18-39-38-17-12-13-20-41(38)52-45(39)40)33-25-36(48(7,8)9)30-37(26-33)49(10,11)44-21-14-15-22-50-44/h12-30,52H,1-11H3. The van der Waals surface area contributed by atoms with Gasteiger partial charge in [-0.05, 0) is 92.1 Å². The zero-order valence-electron chi connectivity index (χ0n) is 32.9. The molecule has 3 nitrogen and oxygen atoms in total. The van der Waals surface area contributed by atoms with Crippen LogP contribution in [0, 0.1) is 0 Å². The maximum absolute atomic E-state index is 5.55. The fourth-order valence-corrected chi connectivity index (χ4v) is 7.18. The molecule has 0 radical (unpaired) electrons. The second kappa shape index (κ2) is 12.6. The van der Waals surface area contributed by atoms with Crippen molar-refractivity contribution in [3.8, 4) is 33.6 Å². The maximum Gasteiger partial charge on any atom is 0.0736 e. The maximum atomic E-state index is 5.55. The van der Waals surface area contributed by atoms with E-state index in [0.717, 1.165) is 44.8 Å². The normalized spacial score (nSPS) is 12.9. The Hall–Kier alpha value is -5.02. The molecule has 0 atom stereocenters.